The topological polar surface area (TPSA) is 76.0 Å². The van der Waals surface area contributed by atoms with Gasteiger partial charge in [0.2, 0.25) is 17.8 Å². The van der Waals surface area contributed by atoms with Crippen molar-refractivity contribution in [1.29, 1.82) is 0 Å². The van der Waals surface area contributed by atoms with Crippen LogP contribution in [0.4, 0.5) is 11.6 Å². The van der Waals surface area contributed by atoms with Crippen molar-refractivity contribution in [3.63, 3.8) is 0 Å². The monoisotopic (exact) mass is 362 g/mol. The van der Waals surface area contributed by atoms with Crippen molar-refractivity contribution in [2.45, 2.75) is 32.7 Å². The molecule has 6 heteroatoms. The summed E-state index contributed by atoms with van der Waals surface area (Å²) >= 11 is 0. The Labute approximate surface area is 157 Å². The first kappa shape index (κ1) is 17.3. The predicted molar refractivity (Wildman–Crippen MR) is 106 cm³/mol. The zero-order chi connectivity index (χ0) is 18.8. The van der Waals surface area contributed by atoms with E-state index >= 15 is 0 Å². The van der Waals surface area contributed by atoms with Gasteiger partial charge in [-0.3, -0.25) is 14.9 Å². The molecule has 0 aliphatic carbocycles. The van der Waals surface area contributed by atoms with Crippen molar-refractivity contribution in [1.82, 2.24) is 9.55 Å². The Bertz CT molecular complexity index is 1010. The van der Waals surface area contributed by atoms with Gasteiger partial charge < -0.3 is 9.88 Å². The largest absolute Gasteiger partial charge is 0.326 e. The highest BCUT2D eigenvalue weighted by Gasteiger charge is 2.26. The molecule has 0 unspecified atom stereocenters. The molecule has 27 heavy (non-hydrogen) atoms. The van der Waals surface area contributed by atoms with Crippen LogP contribution in [-0.4, -0.2) is 21.4 Å². The van der Waals surface area contributed by atoms with Crippen molar-refractivity contribution in [2.75, 3.05) is 10.6 Å². The van der Waals surface area contributed by atoms with Crippen LogP contribution in [0.3, 0.4) is 0 Å². The molecule has 2 heterocycles. The summed E-state index contributed by atoms with van der Waals surface area (Å²) in [7, 11) is 0. The number of nitrogens with one attached hydrogen (secondary N) is 2. The molecule has 0 saturated carbocycles. The molecule has 3 aromatic rings. The number of anilines is 2. The summed E-state index contributed by atoms with van der Waals surface area (Å²) < 4.78 is 1.98. The van der Waals surface area contributed by atoms with Gasteiger partial charge in [0.15, 0.2) is 0 Å². The number of aromatic nitrogens is 2. The first-order valence-corrected chi connectivity index (χ1v) is 9.29. The van der Waals surface area contributed by atoms with Gasteiger partial charge in [0, 0.05) is 24.6 Å². The number of imidazole rings is 1. The second-order valence-corrected chi connectivity index (χ2v) is 6.80. The summed E-state index contributed by atoms with van der Waals surface area (Å²) in [5.74, 6) is 0.242. The third kappa shape index (κ3) is 3.43. The molecule has 2 N–H and O–H groups in total. The minimum atomic E-state index is -0.185. The Morgan fingerprint density at radius 2 is 2.00 bits per heavy atom. The summed E-state index contributed by atoms with van der Waals surface area (Å²) in [4.78, 5) is 29.3. The van der Waals surface area contributed by atoms with Crippen molar-refractivity contribution >= 4 is 34.5 Å². The molecule has 0 bridgehead atoms. The van der Waals surface area contributed by atoms with Gasteiger partial charge in [0.25, 0.3) is 0 Å². The lowest BCUT2D eigenvalue weighted by molar-refractivity contribution is -0.121. The van der Waals surface area contributed by atoms with E-state index in [4.69, 9.17) is 0 Å². The summed E-state index contributed by atoms with van der Waals surface area (Å²) in [6, 6.07) is 15.6. The van der Waals surface area contributed by atoms with Crippen molar-refractivity contribution in [3.05, 3.63) is 54.1 Å². The zero-order valence-corrected chi connectivity index (χ0v) is 15.2. The van der Waals surface area contributed by atoms with E-state index in [1.807, 2.05) is 60.0 Å². The third-order valence-electron chi connectivity index (χ3n) is 5.05. The van der Waals surface area contributed by atoms with E-state index < -0.39 is 0 Å². The first-order valence-electron chi connectivity index (χ1n) is 9.29. The molecule has 0 saturated heterocycles. The molecule has 0 spiro atoms. The molecular weight excluding hydrogens is 340 g/mol. The standard InChI is InChI=1S/C21H22N4O2/c1-2-25-18-10-6-5-9-17(18)23-21(25)24-19(26)12-11-15-13-14-7-3-4-8-16(14)22-20(15)27/h3-10,15H,2,11-13H2,1H3,(H,22,27)(H,23,24,26)/t15-/m0/s1. The number of nitrogens with zero attached hydrogens (tertiary/aromatic N) is 2. The Morgan fingerprint density at radius 3 is 2.85 bits per heavy atom. The molecule has 1 aliphatic rings. The molecule has 138 valence electrons. The molecule has 1 atom stereocenters. The maximum absolute atomic E-state index is 12.5. The van der Waals surface area contributed by atoms with Crippen LogP contribution in [0.2, 0.25) is 0 Å². The van der Waals surface area contributed by atoms with Crippen LogP contribution in [0.25, 0.3) is 11.0 Å². The van der Waals surface area contributed by atoms with Gasteiger partial charge in [-0.05, 0) is 43.5 Å². The lowest BCUT2D eigenvalue weighted by atomic mass is 9.89. The predicted octanol–water partition coefficient (Wildman–Crippen LogP) is 3.59. The van der Waals surface area contributed by atoms with Gasteiger partial charge >= 0.3 is 0 Å². The summed E-state index contributed by atoms with van der Waals surface area (Å²) in [6.45, 7) is 2.74. The minimum absolute atomic E-state index is 0.0118. The molecule has 1 aliphatic heterocycles. The Kier molecular flexibility index (Phi) is 4.62. The van der Waals surface area contributed by atoms with Crippen LogP contribution in [0.15, 0.2) is 48.5 Å². The maximum Gasteiger partial charge on any atom is 0.227 e. The van der Waals surface area contributed by atoms with Crippen LogP contribution in [0.5, 0.6) is 0 Å². The number of aryl methyl sites for hydroxylation is 1. The van der Waals surface area contributed by atoms with E-state index in [1.54, 1.807) is 0 Å². The highest BCUT2D eigenvalue weighted by Crippen LogP contribution is 2.27. The van der Waals surface area contributed by atoms with Gasteiger partial charge in [0.1, 0.15) is 0 Å². The lowest BCUT2D eigenvalue weighted by Gasteiger charge is -2.24. The zero-order valence-electron chi connectivity index (χ0n) is 15.2. The fraction of sp³-hybridized carbons (Fsp3) is 0.286. The van der Waals surface area contributed by atoms with E-state index in [0.29, 0.717) is 18.8 Å². The quantitative estimate of drug-likeness (QED) is 0.728. The summed E-state index contributed by atoms with van der Waals surface area (Å²) in [5, 5.41) is 5.84. The van der Waals surface area contributed by atoms with Gasteiger partial charge in [-0.2, -0.15) is 0 Å². The van der Waals surface area contributed by atoms with Crippen molar-refractivity contribution in [2.24, 2.45) is 5.92 Å². The number of fused-ring (bicyclic) bond motifs is 2. The number of hydrogen-bond donors (Lipinski definition) is 2. The molecule has 0 fully saturated rings. The fourth-order valence-electron chi connectivity index (χ4n) is 3.63. The Hall–Kier alpha value is -3.15. The maximum atomic E-state index is 12.5. The molecule has 6 nitrogen and oxygen atoms in total. The molecule has 0 radical (unpaired) electrons. The van der Waals surface area contributed by atoms with E-state index in [2.05, 4.69) is 15.6 Å². The molecular formula is C21H22N4O2. The van der Waals surface area contributed by atoms with Gasteiger partial charge in [-0.25, -0.2) is 4.98 Å². The van der Waals surface area contributed by atoms with Gasteiger partial charge in [-0.15, -0.1) is 0 Å². The third-order valence-corrected chi connectivity index (χ3v) is 5.05. The number of benzene rings is 2. The SMILES string of the molecule is CCn1c(NC(=O)CC[C@H]2Cc3ccccc3NC2=O)nc2ccccc21. The Morgan fingerprint density at radius 1 is 1.22 bits per heavy atom. The van der Waals surface area contributed by atoms with Crippen molar-refractivity contribution in [3.8, 4) is 0 Å². The highest BCUT2D eigenvalue weighted by atomic mass is 16.2. The summed E-state index contributed by atoms with van der Waals surface area (Å²) in [5.41, 5.74) is 3.85. The molecule has 2 aromatic carbocycles. The van der Waals surface area contributed by atoms with Crippen LogP contribution in [-0.2, 0) is 22.6 Å². The van der Waals surface area contributed by atoms with Crippen LogP contribution < -0.4 is 10.6 Å². The first-order chi connectivity index (χ1) is 13.2. The highest BCUT2D eigenvalue weighted by molar-refractivity contribution is 5.96. The van der Waals surface area contributed by atoms with Gasteiger partial charge in [-0.1, -0.05) is 30.3 Å². The number of amides is 2. The number of rotatable bonds is 5. The number of para-hydroxylation sites is 3. The second kappa shape index (κ2) is 7.23. The van der Waals surface area contributed by atoms with Gasteiger partial charge in [0.05, 0.1) is 11.0 Å². The van der Waals surface area contributed by atoms with E-state index in [0.717, 1.165) is 28.8 Å². The van der Waals surface area contributed by atoms with E-state index in [1.165, 1.54) is 0 Å². The summed E-state index contributed by atoms with van der Waals surface area (Å²) in [6.07, 6.45) is 1.47. The second-order valence-electron chi connectivity index (χ2n) is 6.80. The number of carbonyl (C=O) groups excluding carboxylic acids is 2. The van der Waals surface area contributed by atoms with E-state index in [9.17, 15) is 9.59 Å². The Balaban J connectivity index is 1.41. The molecule has 2 amide bonds. The lowest BCUT2D eigenvalue weighted by Crippen LogP contribution is -2.30. The number of hydrogen-bond acceptors (Lipinski definition) is 3. The average Bonchev–Trinajstić information content (AvgIpc) is 3.03. The van der Waals surface area contributed by atoms with E-state index in [-0.39, 0.29) is 24.2 Å². The molecule has 4 rings (SSSR count). The number of carbonyl (C=O) groups is 2. The normalized spacial score (nSPS) is 16.0. The smallest absolute Gasteiger partial charge is 0.227 e. The van der Waals surface area contributed by atoms with Crippen LogP contribution in [0, 0.1) is 5.92 Å². The fourth-order valence-corrected chi connectivity index (χ4v) is 3.63. The molecule has 1 aromatic heterocycles. The minimum Gasteiger partial charge on any atom is -0.326 e. The van der Waals surface area contributed by atoms with Crippen LogP contribution >= 0.6 is 0 Å². The average molecular weight is 362 g/mol. The van der Waals surface area contributed by atoms with Crippen LogP contribution in [0.1, 0.15) is 25.3 Å². The van der Waals surface area contributed by atoms with Crippen molar-refractivity contribution < 1.29 is 9.59 Å².